The van der Waals surface area contributed by atoms with E-state index in [-0.39, 0.29) is 23.6 Å². The van der Waals surface area contributed by atoms with Crippen LogP contribution in [0.2, 0.25) is 0 Å². The Kier molecular flexibility index (Phi) is 8.66. The van der Waals surface area contributed by atoms with Gasteiger partial charge in [0.25, 0.3) is 0 Å². The molecule has 0 N–H and O–H groups in total. The summed E-state index contributed by atoms with van der Waals surface area (Å²) in [4.78, 5) is 34.9. The molecule has 0 aromatic heterocycles. The van der Waals surface area contributed by atoms with E-state index in [4.69, 9.17) is 9.47 Å². The summed E-state index contributed by atoms with van der Waals surface area (Å²) in [6.07, 6.45) is 9.09. The van der Waals surface area contributed by atoms with E-state index in [1.54, 1.807) is 24.3 Å². The van der Waals surface area contributed by atoms with Gasteiger partial charge in [-0.2, -0.15) is 0 Å². The normalized spacial score (nSPS) is 18.7. The van der Waals surface area contributed by atoms with Gasteiger partial charge in [-0.05, 0) is 74.8 Å². The Labute approximate surface area is 166 Å². The summed E-state index contributed by atoms with van der Waals surface area (Å²) in [6, 6.07) is 6.55. The zero-order valence-corrected chi connectivity index (χ0v) is 16.2. The standard InChI is InChI=1S/C23H28O5/c1-3-21(24)18-12-14-20(15-13-18)28-23(26)19-10-8-17(9-11-19)7-5-6-16-27-22(25)4-2/h3-4,12-15,17,19H,1-2,5-11,16H2. The van der Waals surface area contributed by atoms with Crippen molar-refractivity contribution in [1.29, 1.82) is 0 Å². The molecule has 0 atom stereocenters. The van der Waals surface area contributed by atoms with E-state index in [2.05, 4.69) is 13.2 Å². The highest BCUT2D eigenvalue weighted by molar-refractivity contribution is 6.04. The minimum atomic E-state index is -0.374. The Balaban J connectivity index is 1.67. The fraction of sp³-hybridized carbons (Fsp3) is 0.435. The van der Waals surface area contributed by atoms with E-state index in [0.29, 0.717) is 23.8 Å². The number of unbranched alkanes of at least 4 members (excludes halogenated alkanes) is 1. The van der Waals surface area contributed by atoms with Crippen LogP contribution in [0.3, 0.4) is 0 Å². The summed E-state index contributed by atoms with van der Waals surface area (Å²) in [5.74, 6) is 0.276. The van der Waals surface area contributed by atoms with Crippen LogP contribution < -0.4 is 4.74 Å². The van der Waals surface area contributed by atoms with Crippen LogP contribution in [0.25, 0.3) is 0 Å². The van der Waals surface area contributed by atoms with E-state index < -0.39 is 0 Å². The van der Waals surface area contributed by atoms with Crippen molar-refractivity contribution in [3.05, 3.63) is 55.1 Å². The maximum Gasteiger partial charge on any atom is 0.330 e. The van der Waals surface area contributed by atoms with Crippen molar-refractivity contribution in [1.82, 2.24) is 0 Å². The molecule has 1 saturated carbocycles. The van der Waals surface area contributed by atoms with E-state index in [9.17, 15) is 14.4 Å². The highest BCUT2D eigenvalue weighted by Gasteiger charge is 2.27. The van der Waals surface area contributed by atoms with Crippen molar-refractivity contribution >= 4 is 17.7 Å². The number of carbonyl (C=O) groups is 3. The van der Waals surface area contributed by atoms with Gasteiger partial charge in [-0.1, -0.05) is 19.6 Å². The monoisotopic (exact) mass is 384 g/mol. The van der Waals surface area contributed by atoms with Gasteiger partial charge in [0.15, 0.2) is 5.78 Å². The average molecular weight is 384 g/mol. The number of hydrogen-bond acceptors (Lipinski definition) is 5. The van der Waals surface area contributed by atoms with E-state index in [0.717, 1.165) is 44.9 Å². The van der Waals surface area contributed by atoms with Gasteiger partial charge in [0, 0.05) is 11.6 Å². The molecule has 0 bridgehead atoms. The lowest BCUT2D eigenvalue weighted by Gasteiger charge is -2.27. The lowest BCUT2D eigenvalue weighted by Crippen LogP contribution is -2.25. The SMILES string of the molecule is C=CC(=O)OCCCCC1CCC(C(=O)Oc2ccc(C(=O)C=C)cc2)CC1. The number of ether oxygens (including phenoxy) is 2. The highest BCUT2D eigenvalue weighted by Crippen LogP contribution is 2.33. The molecule has 1 aromatic rings. The number of rotatable bonds is 10. The summed E-state index contributed by atoms with van der Waals surface area (Å²) >= 11 is 0. The molecule has 28 heavy (non-hydrogen) atoms. The van der Waals surface area contributed by atoms with Crippen LogP contribution in [0.5, 0.6) is 5.75 Å². The maximum atomic E-state index is 12.4. The second-order valence-corrected chi connectivity index (χ2v) is 7.10. The molecule has 1 aliphatic carbocycles. The van der Waals surface area contributed by atoms with Gasteiger partial charge < -0.3 is 9.47 Å². The molecule has 0 aliphatic heterocycles. The molecule has 1 aliphatic rings. The van der Waals surface area contributed by atoms with Crippen LogP contribution in [0.4, 0.5) is 0 Å². The molecular weight excluding hydrogens is 356 g/mol. The van der Waals surface area contributed by atoms with Crippen molar-refractivity contribution < 1.29 is 23.9 Å². The number of hydrogen-bond donors (Lipinski definition) is 0. The first-order chi connectivity index (χ1) is 13.5. The van der Waals surface area contributed by atoms with Crippen LogP contribution in [0, 0.1) is 11.8 Å². The summed E-state index contributed by atoms with van der Waals surface area (Å²) in [5, 5.41) is 0. The second-order valence-electron chi connectivity index (χ2n) is 7.10. The van der Waals surface area contributed by atoms with Crippen LogP contribution >= 0.6 is 0 Å². The number of benzene rings is 1. The van der Waals surface area contributed by atoms with Crippen molar-refractivity contribution in [2.24, 2.45) is 11.8 Å². The third kappa shape index (κ3) is 6.80. The fourth-order valence-corrected chi connectivity index (χ4v) is 3.46. The molecule has 5 heteroatoms. The highest BCUT2D eigenvalue weighted by atomic mass is 16.5. The Morgan fingerprint density at radius 3 is 2.25 bits per heavy atom. The molecule has 5 nitrogen and oxygen atoms in total. The minimum absolute atomic E-state index is 0.0701. The molecule has 2 rings (SSSR count). The average Bonchev–Trinajstić information content (AvgIpc) is 2.73. The number of esters is 2. The first-order valence-electron chi connectivity index (χ1n) is 9.81. The number of ketones is 1. The quantitative estimate of drug-likeness (QED) is 0.193. The minimum Gasteiger partial charge on any atom is -0.463 e. The summed E-state index contributed by atoms with van der Waals surface area (Å²) < 4.78 is 10.4. The zero-order valence-electron chi connectivity index (χ0n) is 16.2. The predicted molar refractivity (Wildman–Crippen MR) is 107 cm³/mol. The van der Waals surface area contributed by atoms with E-state index in [1.165, 1.54) is 12.2 Å². The summed E-state index contributed by atoms with van der Waals surface area (Å²) in [5.41, 5.74) is 0.523. The van der Waals surface area contributed by atoms with Gasteiger partial charge >= 0.3 is 11.9 Å². The second kappa shape index (κ2) is 11.2. The number of allylic oxidation sites excluding steroid dienone is 1. The molecule has 0 heterocycles. The van der Waals surface area contributed by atoms with Crippen LogP contribution in [-0.4, -0.2) is 24.3 Å². The third-order valence-corrected chi connectivity index (χ3v) is 5.14. The van der Waals surface area contributed by atoms with Crippen molar-refractivity contribution in [3.8, 4) is 5.75 Å². The van der Waals surface area contributed by atoms with Crippen LogP contribution in [-0.2, 0) is 14.3 Å². The lowest BCUT2D eigenvalue weighted by atomic mass is 9.80. The van der Waals surface area contributed by atoms with Crippen molar-refractivity contribution in [2.75, 3.05) is 6.61 Å². The zero-order chi connectivity index (χ0) is 20.4. The summed E-state index contributed by atoms with van der Waals surface area (Å²) in [6.45, 7) is 7.25. The van der Waals surface area contributed by atoms with Gasteiger partial charge in [-0.15, -0.1) is 0 Å². The van der Waals surface area contributed by atoms with E-state index >= 15 is 0 Å². The van der Waals surface area contributed by atoms with Crippen molar-refractivity contribution in [3.63, 3.8) is 0 Å². The Morgan fingerprint density at radius 2 is 1.64 bits per heavy atom. The van der Waals surface area contributed by atoms with Crippen LogP contribution in [0.15, 0.2) is 49.6 Å². The first kappa shape index (κ1) is 21.6. The van der Waals surface area contributed by atoms with Gasteiger partial charge in [0.2, 0.25) is 0 Å². The topological polar surface area (TPSA) is 69.7 Å². The van der Waals surface area contributed by atoms with Gasteiger partial charge in [-0.3, -0.25) is 9.59 Å². The van der Waals surface area contributed by atoms with E-state index in [1.807, 2.05) is 0 Å². The Bertz CT molecular complexity index is 696. The lowest BCUT2D eigenvalue weighted by molar-refractivity contribution is -0.140. The summed E-state index contributed by atoms with van der Waals surface area (Å²) in [7, 11) is 0. The van der Waals surface area contributed by atoms with Crippen LogP contribution in [0.1, 0.15) is 55.3 Å². The van der Waals surface area contributed by atoms with Crippen molar-refractivity contribution in [2.45, 2.75) is 44.9 Å². The maximum absolute atomic E-state index is 12.4. The molecule has 0 radical (unpaired) electrons. The molecule has 0 amide bonds. The molecule has 0 unspecified atom stereocenters. The smallest absolute Gasteiger partial charge is 0.330 e. The van der Waals surface area contributed by atoms with Gasteiger partial charge in [-0.25, -0.2) is 4.79 Å². The van der Waals surface area contributed by atoms with Gasteiger partial charge in [0.05, 0.1) is 12.5 Å². The largest absolute Gasteiger partial charge is 0.463 e. The molecular formula is C23H28O5. The Hall–Kier alpha value is -2.69. The number of carbonyl (C=O) groups excluding carboxylic acids is 3. The molecule has 0 spiro atoms. The van der Waals surface area contributed by atoms with Gasteiger partial charge in [0.1, 0.15) is 5.75 Å². The first-order valence-corrected chi connectivity index (χ1v) is 9.81. The Morgan fingerprint density at radius 1 is 0.964 bits per heavy atom. The third-order valence-electron chi connectivity index (χ3n) is 5.14. The molecule has 0 saturated heterocycles. The molecule has 1 fully saturated rings. The fourth-order valence-electron chi connectivity index (χ4n) is 3.46. The molecule has 150 valence electrons. The molecule has 1 aromatic carbocycles. The predicted octanol–water partition coefficient (Wildman–Crippen LogP) is 4.67.